The highest BCUT2D eigenvalue weighted by Gasteiger charge is 2.15. The van der Waals surface area contributed by atoms with E-state index in [0.717, 1.165) is 24.1 Å². The van der Waals surface area contributed by atoms with Gasteiger partial charge in [0, 0.05) is 29.8 Å². The molecule has 0 bridgehead atoms. The second-order valence-electron chi connectivity index (χ2n) is 4.80. The molecule has 1 aliphatic rings. The number of hydrogen-bond donors (Lipinski definition) is 1. The van der Waals surface area contributed by atoms with Crippen molar-refractivity contribution in [3.8, 4) is 11.3 Å². The van der Waals surface area contributed by atoms with Gasteiger partial charge in [0.05, 0.1) is 5.69 Å². The molecule has 0 radical (unpaired) electrons. The van der Waals surface area contributed by atoms with Crippen LogP contribution in [-0.4, -0.2) is 15.9 Å². The highest BCUT2D eigenvalue weighted by Crippen LogP contribution is 2.25. The van der Waals surface area contributed by atoms with Crippen LogP contribution in [0.3, 0.4) is 0 Å². The number of carbonyl (C=O) groups excluding carboxylic acids is 1. The lowest BCUT2D eigenvalue weighted by Crippen LogP contribution is -2.14. The van der Waals surface area contributed by atoms with Crippen molar-refractivity contribution in [3.63, 3.8) is 0 Å². The lowest BCUT2D eigenvalue weighted by atomic mass is 10.1. The summed E-state index contributed by atoms with van der Waals surface area (Å²) in [6, 6.07) is 3.83. The Bertz CT molecular complexity index is 621. The lowest BCUT2D eigenvalue weighted by molar-refractivity contribution is -0.116. The number of rotatable bonds is 4. The molecule has 0 aliphatic heterocycles. The van der Waals surface area contributed by atoms with Crippen LogP contribution in [-0.2, 0) is 4.79 Å². The fourth-order valence-electron chi connectivity index (χ4n) is 2.25. The molecule has 0 aromatic carbocycles. The largest absolute Gasteiger partial charge is 0.302 e. The molecule has 0 saturated carbocycles. The highest BCUT2D eigenvalue weighted by atomic mass is 32.1. The van der Waals surface area contributed by atoms with Gasteiger partial charge in [0.25, 0.3) is 0 Å². The van der Waals surface area contributed by atoms with Gasteiger partial charge in [-0.2, -0.15) is 0 Å². The van der Waals surface area contributed by atoms with Gasteiger partial charge in [0.1, 0.15) is 0 Å². The van der Waals surface area contributed by atoms with Crippen LogP contribution < -0.4 is 5.32 Å². The van der Waals surface area contributed by atoms with Crippen molar-refractivity contribution >= 4 is 22.4 Å². The third-order valence-corrected chi connectivity index (χ3v) is 4.03. The maximum absolute atomic E-state index is 11.9. The normalized spacial score (nSPS) is 17.3. The van der Waals surface area contributed by atoms with Crippen LogP contribution in [0.5, 0.6) is 0 Å². The average molecular weight is 285 g/mol. The van der Waals surface area contributed by atoms with E-state index in [2.05, 4.69) is 27.4 Å². The van der Waals surface area contributed by atoms with Crippen LogP contribution in [0, 0.1) is 5.92 Å². The number of hydrogen-bond acceptors (Lipinski definition) is 4. The number of nitrogens with one attached hydrogen (secondary N) is 1. The van der Waals surface area contributed by atoms with Crippen LogP contribution in [0.2, 0.25) is 0 Å². The molecule has 1 unspecified atom stereocenters. The van der Waals surface area contributed by atoms with Crippen molar-refractivity contribution < 1.29 is 4.79 Å². The van der Waals surface area contributed by atoms with Crippen LogP contribution in [0.15, 0.2) is 42.1 Å². The van der Waals surface area contributed by atoms with Crippen LogP contribution >= 0.6 is 11.3 Å². The summed E-state index contributed by atoms with van der Waals surface area (Å²) in [4.78, 5) is 20.4. The van der Waals surface area contributed by atoms with Crippen molar-refractivity contribution in [1.82, 2.24) is 9.97 Å². The Balaban J connectivity index is 1.62. The van der Waals surface area contributed by atoms with Gasteiger partial charge in [-0.1, -0.05) is 12.2 Å². The first kappa shape index (κ1) is 13.0. The Kier molecular flexibility index (Phi) is 3.87. The van der Waals surface area contributed by atoms with E-state index in [4.69, 9.17) is 0 Å². The first-order chi connectivity index (χ1) is 9.81. The molecular weight excluding hydrogens is 270 g/mol. The Labute approximate surface area is 121 Å². The summed E-state index contributed by atoms with van der Waals surface area (Å²) in [5.41, 5.74) is 1.81. The zero-order valence-corrected chi connectivity index (χ0v) is 11.8. The van der Waals surface area contributed by atoms with E-state index in [1.165, 1.54) is 11.3 Å². The SMILES string of the molecule is O=C(CC1C=CCC1)Nc1nc(-c2cccnc2)cs1. The molecular formula is C15H15N3OS. The predicted octanol–water partition coefficient (Wildman–Crippen LogP) is 3.50. The van der Waals surface area contributed by atoms with Gasteiger partial charge in [0.15, 0.2) is 5.13 Å². The molecule has 0 spiro atoms. The summed E-state index contributed by atoms with van der Waals surface area (Å²) in [5, 5.41) is 5.45. The van der Waals surface area contributed by atoms with Crippen LogP contribution in [0.4, 0.5) is 5.13 Å². The fourth-order valence-corrected chi connectivity index (χ4v) is 2.99. The molecule has 5 heteroatoms. The van der Waals surface area contributed by atoms with E-state index in [1.54, 1.807) is 12.4 Å². The molecule has 1 atom stereocenters. The molecule has 3 rings (SSSR count). The number of aromatic nitrogens is 2. The summed E-state index contributed by atoms with van der Waals surface area (Å²) in [7, 11) is 0. The maximum atomic E-state index is 11.9. The second kappa shape index (κ2) is 5.96. The summed E-state index contributed by atoms with van der Waals surface area (Å²) >= 11 is 1.44. The number of nitrogens with zero attached hydrogens (tertiary/aromatic N) is 2. The quantitative estimate of drug-likeness (QED) is 0.875. The van der Waals surface area contributed by atoms with Gasteiger partial charge in [-0.05, 0) is 30.9 Å². The Hall–Kier alpha value is -2.01. The standard InChI is InChI=1S/C15H15N3OS/c19-14(8-11-4-1-2-5-11)18-15-17-13(10-20-15)12-6-3-7-16-9-12/h1,3-4,6-7,9-11H,2,5,8H2,(H,17,18,19). The first-order valence-electron chi connectivity index (χ1n) is 6.64. The van der Waals surface area contributed by atoms with E-state index in [0.29, 0.717) is 17.5 Å². The number of carbonyl (C=O) groups is 1. The number of anilines is 1. The second-order valence-corrected chi connectivity index (χ2v) is 5.66. The van der Waals surface area contributed by atoms with Crippen molar-refractivity contribution in [2.24, 2.45) is 5.92 Å². The summed E-state index contributed by atoms with van der Waals surface area (Å²) in [5.74, 6) is 0.418. The minimum atomic E-state index is 0.0358. The van der Waals surface area contributed by atoms with Gasteiger partial charge in [-0.25, -0.2) is 4.98 Å². The monoisotopic (exact) mass is 285 g/mol. The van der Waals surface area contributed by atoms with Crippen LogP contribution in [0.1, 0.15) is 19.3 Å². The molecule has 4 nitrogen and oxygen atoms in total. The molecule has 1 aliphatic carbocycles. The molecule has 2 heterocycles. The third kappa shape index (κ3) is 3.11. The number of allylic oxidation sites excluding steroid dienone is 2. The lowest BCUT2D eigenvalue weighted by Gasteiger charge is -2.06. The minimum absolute atomic E-state index is 0.0358. The van der Waals surface area contributed by atoms with Crippen molar-refractivity contribution in [2.45, 2.75) is 19.3 Å². The van der Waals surface area contributed by atoms with E-state index in [9.17, 15) is 4.79 Å². The molecule has 1 amide bonds. The van der Waals surface area contributed by atoms with Crippen molar-refractivity contribution in [2.75, 3.05) is 5.32 Å². The van der Waals surface area contributed by atoms with Crippen molar-refractivity contribution in [3.05, 3.63) is 42.1 Å². The molecule has 1 N–H and O–H groups in total. The topological polar surface area (TPSA) is 54.9 Å². The maximum Gasteiger partial charge on any atom is 0.226 e. The molecule has 0 fully saturated rings. The predicted molar refractivity (Wildman–Crippen MR) is 80.5 cm³/mol. The third-order valence-electron chi connectivity index (χ3n) is 3.27. The summed E-state index contributed by atoms with van der Waals surface area (Å²) < 4.78 is 0. The molecule has 0 saturated heterocycles. The Morgan fingerprint density at radius 2 is 2.45 bits per heavy atom. The van der Waals surface area contributed by atoms with E-state index >= 15 is 0 Å². The first-order valence-corrected chi connectivity index (χ1v) is 7.51. The summed E-state index contributed by atoms with van der Waals surface area (Å²) in [6.45, 7) is 0. The zero-order valence-electron chi connectivity index (χ0n) is 11.0. The van der Waals surface area contributed by atoms with Gasteiger partial charge < -0.3 is 5.32 Å². The number of pyridine rings is 1. The Morgan fingerprint density at radius 3 is 3.20 bits per heavy atom. The molecule has 102 valence electrons. The van der Waals surface area contributed by atoms with Gasteiger partial charge in [-0.3, -0.25) is 9.78 Å². The molecule has 2 aromatic rings. The highest BCUT2D eigenvalue weighted by molar-refractivity contribution is 7.14. The van der Waals surface area contributed by atoms with Gasteiger partial charge in [0.2, 0.25) is 5.91 Å². The van der Waals surface area contributed by atoms with Gasteiger partial charge in [-0.15, -0.1) is 11.3 Å². The average Bonchev–Trinajstić information content (AvgIpc) is 3.11. The van der Waals surface area contributed by atoms with Crippen LogP contribution in [0.25, 0.3) is 11.3 Å². The van der Waals surface area contributed by atoms with E-state index < -0.39 is 0 Å². The van der Waals surface area contributed by atoms with Gasteiger partial charge >= 0.3 is 0 Å². The summed E-state index contributed by atoms with van der Waals surface area (Å²) in [6.07, 6.45) is 10.5. The minimum Gasteiger partial charge on any atom is -0.302 e. The Morgan fingerprint density at radius 1 is 1.50 bits per heavy atom. The zero-order chi connectivity index (χ0) is 13.8. The fraction of sp³-hybridized carbons (Fsp3) is 0.267. The smallest absolute Gasteiger partial charge is 0.226 e. The van der Waals surface area contributed by atoms with E-state index in [1.807, 2.05) is 17.5 Å². The van der Waals surface area contributed by atoms with E-state index in [-0.39, 0.29) is 5.91 Å². The number of amides is 1. The number of thiazole rings is 1. The molecule has 20 heavy (non-hydrogen) atoms. The van der Waals surface area contributed by atoms with Crippen molar-refractivity contribution in [1.29, 1.82) is 0 Å². The molecule has 2 aromatic heterocycles.